The topological polar surface area (TPSA) is 59.5 Å². The lowest BCUT2D eigenvalue weighted by molar-refractivity contribution is 0.214. The number of sulfonamides is 1. The van der Waals surface area contributed by atoms with Crippen LogP contribution in [0.5, 0.6) is 5.75 Å². The van der Waals surface area contributed by atoms with E-state index in [9.17, 15) is 12.8 Å². The van der Waals surface area contributed by atoms with Crippen molar-refractivity contribution in [2.45, 2.75) is 17.4 Å². The van der Waals surface area contributed by atoms with Crippen molar-refractivity contribution in [1.82, 2.24) is 9.29 Å². The normalized spacial score (nSPS) is 19.0. The van der Waals surface area contributed by atoms with Crippen LogP contribution in [0.15, 0.2) is 47.6 Å². The number of pyridine rings is 1. The molecule has 1 fully saturated rings. The molecule has 23 heavy (non-hydrogen) atoms. The molecule has 0 aliphatic carbocycles. The highest BCUT2D eigenvalue weighted by Crippen LogP contribution is 2.30. The largest absolute Gasteiger partial charge is 0.487 e. The zero-order valence-electron chi connectivity index (χ0n) is 12.0. The molecule has 1 saturated heterocycles. The number of nitrogens with zero attached hydrogens (tertiary/aromatic N) is 2. The van der Waals surface area contributed by atoms with E-state index in [1.807, 2.05) is 0 Å². The van der Waals surface area contributed by atoms with Gasteiger partial charge in [-0.1, -0.05) is 17.7 Å². The van der Waals surface area contributed by atoms with Crippen LogP contribution in [0.4, 0.5) is 4.39 Å². The number of rotatable bonds is 4. The van der Waals surface area contributed by atoms with Crippen LogP contribution in [0, 0.1) is 5.82 Å². The van der Waals surface area contributed by atoms with E-state index in [0.717, 1.165) is 6.07 Å². The number of halogens is 2. The summed E-state index contributed by atoms with van der Waals surface area (Å²) in [6.45, 7) is 0.389. The van der Waals surface area contributed by atoms with Crippen LogP contribution in [0.25, 0.3) is 0 Å². The van der Waals surface area contributed by atoms with E-state index >= 15 is 0 Å². The summed E-state index contributed by atoms with van der Waals surface area (Å²) in [6, 6.07) is 7.29. The van der Waals surface area contributed by atoms with Crippen molar-refractivity contribution in [2.75, 3.05) is 13.1 Å². The minimum atomic E-state index is -3.99. The molecule has 0 amide bonds. The van der Waals surface area contributed by atoms with E-state index in [0.29, 0.717) is 12.2 Å². The smallest absolute Gasteiger partial charge is 0.247 e. The summed E-state index contributed by atoms with van der Waals surface area (Å²) in [5.41, 5.74) is 0. The van der Waals surface area contributed by atoms with Crippen LogP contribution in [0.2, 0.25) is 5.02 Å². The van der Waals surface area contributed by atoms with Gasteiger partial charge in [0.25, 0.3) is 0 Å². The average Bonchev–Trinajstić information content (AvgIpc) is 2.97. The van der Waals surface area contributed by atoms with Gasteiger partial charge in [-0.25, -0.2) is 12.8 Å². The predicted molar refractivity (Wildman–Crippen MR) is 83.4 cm³/mol. The van der Waals surface area contributed by atoms with Crippen LogP contribution in [-0.2, 0) is 10.0 Å². The summed E-state index contributed by atoms with van der Waals surface area (Å²) in [4.78, 5) is 3.46. The fraction of sp³-hybridized carbons (Fsp3) is 0.267. The number of ether oxygens (including phenoxy) is 1. The lowest BCUT2D eigenvalue weighted by atomic mass is 10.3. The van der Waals surface area contributed by atoms with Crippen molar-refractivity contribution in [3.63, 3.8) is 0 Å². The van der Waals surface area contributed by atoms with Crippen LogP contribution >= 0.6 is 11.6 Å². The maximum absolute atomic E-state index is 13.9. The average molecular weight is 357 g/mol. The fourth-order valence-corrected chi connectivity index (χ4v) is 4.53. The minimum Gasteiger partial charge on any atom is -0.487 e. The van der Waals surface area contributed by atoms with E-state index in [1.54, 1.807) is 24.5 Å². The van der Waals surface area contributed by atoms with Gasteiger partial charge in [0.1, 0.15) is 22.6 Å². The number of aromatic nitrogens is 1. The van der Waals surface area contributed by atoms with E-state index in [2.05, 4.69) is 4.98 Å². The Morgan fingerprint density at radius 3 is 2.83 bits per heavy atom. The van der Waals surface area contributed by atoms with Crippen LogP contribution in [0.1, 0.15) is 6.42 Å². The van der Waals surface area contributed by atoms with Crippen LogP contribution < -0.4 is 4.74 Å². The van der Waals surface area contributed by atoms with Gasteiger partial charge in [0.2, 0.25) is 10.0 Å². The summed E-state index contributed by atoms with van der Waals surface area (Å²) in [5.74, 6) is -0.283. The lowest BCUT2D eigenvalue weighted by Gasteiger charge is -2.18. The molecule has 0 spiro atoms. The third kappa shape index (κ3) is 3.31. The molecule has 1 aromatic carbocycles. The Hall–Kier alpha value is -1.70. The van der Waals surface area contributed by atoms with Crippen molar-refractivity contribution in [2.24, 2.45) is 0 Å². The molecule has 1 unspecified atom stereocenters. The SMILES string of the molecule is O=S(=O)(c1c(F)cccc1Cl)N1CCC(Oc2cccnc2)C1. The summed E-state index contributed by atoms with van der Waals surface area (Å²) in [7, 11) is -3.99. The molecule has 0 N–H and O–H groups in total. The molecular formula is C15H14ClFN2O3S. The molecule has 1 aliphatic heterocycles. The van der Waals surface area contributed by atoms with Crippen molar-refractivity contribution < 1.29 is 17.5 Å². The molecule has 8 heteroatoms. The van der Waals surface area contributed by atoms with E-state index in [-0.39, 0.29) is 24.2 Å². The third-order valence-corrected chi connectivity index (χ3v) is 5.93. The Morgan fingerprint density at radius 1 is 1.30 bits per heavy atom. The summed E-state index contributed by atoms with van der Waals surface area (Å²) >= 11 is 5.87. The maximum Gasteiger partial charge on any atom is 0.247 e. The van der Waals surface area contributed by atoms with E-state index in [1.165, 1.54) is 16.4 Å². The van der Waals surface area contributed by atoms with Crippen LogP contribution in [-0.4, -0.2) is 36.9 Å². The molecule has 3 rings (SSSR count). The Bertz CT molecular complexity index is 781. The third-order valence-electron chi connectivity index (χ3n) is 3.56. The molecular weight excluding hydrogens is 343 g/mol. The summed E-state index contributed by atoms with van der Waals surface area (Å²) in [5, 5.41) is -0.123. The zero-order valence-corrected chi connectivity index (χ0v) is 13.6. The quantitative estimate of drug-likeness (QED) is 0.845. The standard InChI is InChI=1S/C15H14ClFN2O3S/c16-13-4-1-5-14(17)15(13)23(20,21)19-8-6-12(10-19)22-11-3-2-7-18-9-11/h1-5,7,9,12H,6,8,10H2. The molecule has 122 valence electrons. The number of benzene rings is 1. The first-order valence-corrected chi connectivity index (χ1v) is 8.81. The van der Waals surface area contributed by atoms with E-state index < -0.39 is 20.7 Å². The Balaban J connectivity index is 1.78. The molecule has 1 aromatic heterocycles. The van der Waals surface area contributed by atoms with Gasteiger partial charge >= 0.3 is 0 Å². The molecule has 0 saturated carbocycles. The number of hydrogen-bond acceptors (Lipinski definition) is 4. The summed E-state index contributed by atoms with van der Waals surface area (Å²) < 4.78 is 46.0. The van der Waals surface area contributed by atoms with Crippen molar-refractivity contribution in [1.29, 1.82) is 0 Å². The molecule has 2 aromatic rings. The van der Waals surface area contributed by atoms with Crippen molar-refractivity contribution in [3.8, 4) is 5.75 Å². The van der Waals surface area contributed by atoms with Gasteiger partial charge in [0.05, 0.1) is 17.8 Å². The zero-order chi connectivity index (χ0) is 16.4. The second kappa shape index (κ2) is 6.43. The minimum absolute atomic E-state index is 0.123. The second-order valence-corrected chi connectivity index (χ2v) is 7.41. The Kier molecular flexibility index (Phi) is 4.52. The predicted octanol–water partition coefficient (Wildman–Crippen LogP) is 2.72. The first-order chi connectivity index (χ1) is 11.0. The maximum atomic E-state index is 13.9. The highest BCUT2D eigenvalue weighted by atomic mass is 35.5. The molecule has 1 atom stereocenters. The lowest BCUT2D eigenvalue weighted by Crippen LogP contribution is -2.31. The van der Waals surface area contributed by atoms with Gasteiger partial charge in [-0.15, -0.1) is 0 Å². The molecule has 2 heterocycles. The van der Waals surface area contributed by atoms with Crippen LogP contribution in [0.3, 0.4) is 0 Å². The van der Waals surface area contributed by atoms with Gasteiger partial charge in [-0.2, -0.15) is 4.31 Å². The first kappa shape index (κ1) is 16.2. The highest BCUT2D eigenvalue weighted by Gasteiger charge is 2.36. The number of hydrogen-bond donors (Lipinski definition) is 0. The Labute approximate surface area is 138 Å². The van der Waals surface area contributed by atoms with Crippen molar-refractivity contribution >= 4 is 21.6 Å². The molecule has 5 nitrogen and oxygen atoms in total. The molecule has 0 bridgehead atoms. The van der Waals surface area contributed by atoms with Gasteiger partial charge in [-0.05, 0) is 30.7 Å². The molecule has 1 aliphatic rings. The summed E-state index contributed by atoms with van der Waals surface area (Å²) in [6.07, 6.45) is 3.39. The fourth-order valence-electron chi connectivity index (χ4n) is 2.48. The Morgan fingerprint density at radius 2 is 2.13 bits per heavy atom. The monoisotopic (exact) mass is 356 g/mol. The van der Waals surface area contributed by atoms with E-state index in [4.69, 9.17) is 16.3 Å². The molecule has 0 radical (unpaired) electrons. The first-order valence-electron chi connectivity index (χ1n) is 6.99. The van der Waals surface area contributed by atoms with Gasteiger partial charge in [0.15, 0.2) is 0 Å². The van der Waals surface area contributed by atoms with Gasteiger partial charge in [-0.3, -0.25) is 4.98 Å². The highest BCUT2D eigenvalue weighted by molar-refractivity contribution is 7.89. The van der Waals surface area contributed by atoms with Gasteiger partial charge < -0.3 is 4.74 Å². The van der Waals surface area contributed by atoms with Crippen molar-refractivity contribution in [3.05, 3.63) is 53.6 Å². The second-order valence-electron chi connectivity index (χ2n) is 5.13. The van der Waals surface area contributed by atoms with Gasteiger partial charge in [0, 0.05) is 12.7 Å².